The molecule has 1 amide bonds. The molecule has 11 heteroatoms. The monoisotopic (exact) mass is 471 g/mol. The Morgan fingerprint density at radius 3 is 2.37 bits per heavy atom. The summed E-state index contributed by atoms with van der Waals surface area (Å²) in [5.41, 5.74) is 0.500. The first kappa shape index (κ1) is 22.9. The summed E-state index contributed by atoms with van der Waals surface area (Å²) in [6, 6.07) is 9.34. The fraction of sp³-hybridized carbons (Fsp3) is 0.421. The number of nitrogens with zero attached hydrogens (tertiary/aromatic N) is 2. The fourth-order valence-corrected chi connectivity index (χ4v) is 7.09. The molecule has 0 saturated carbocycles. The number of amides is 1. The summed E-state index contributed by atoms with van der Waals surface area (Å²) in [6.07, 6.45) is 2.26. The van der Waals surface area contributed by atoms with Crippen LogP contribution in [0.5, 0.6) is 0 Å². The number of hydrogen-bond acceptors (Lipinski definition) is 6. The third-order valence-electron chi connectivity index (χ3n) is 4.88. The molecule has 8 nitrogen and oxygen atoms in total. The molecule has 0 unspecified atom stereocenters. The number of anilines is 1. The Balaban J connectivity index is 1.49. The maximum atomic E-state index is 12.5. The Morgan fingerprint density at radius 1 is 1.10 bits per heavy atom. The van der Waals surface area contributed by atoms with Gasteiger partial charge in [0.25, 0.3) is 10.0 Å². The molecule has 1 N–H and O–H groups in total. The normalized spacial score (nSPS) is 15.5. The van der Waals surface area contributed by atoms with E-state index < -0.39 is 20.0 Å². The lowest BCUT2D eigenvalue weighted by atomic mass is 10.2. The van der Waals surface area contributed by atoms with Crippen LogP contribution in [0.3, 0.4) is 0 Å². The molecule has 0 atom stereocenters. The largest absolute Gasteiger partial charge is 0.326 e. The van der Waals surface area contributed by atoms with Gasteiger partial charge in [-0.3, -0.25) is 4.79 Å². The average molecular weight is 472 g/mol. The van der Waals surface area contributed by atoms with E-state index in [4.69, 9.17) is 0 Å². The molecule has 1 aromatic carbocycles. The fourth-order valence-electron chi connectivity index (χ4n) is 3.16. The van der Waals surface area contributed by atoms with Crippen LogP contribution in [0.1, 0.15) is 25.7 Å². The van der Waals surface area contributed by atoms with Gasteiger partial charge in [-0.1, -0.05) is 6.07 Å². The number of carbonyl (C=O) groups is 1. The highest BCUT2D eigenvalue weighted by Crippen LogP contribution is 2.23. The third kappa shape index (κ3) is 5.27. The van der Waals surface area contributed by atoms with Crippen molar-refractivity contribution in [3.63, 3.8) is 0 Å². The van der Waals surface area contributed by atoms with Gasteiger partial charge in [-0.2, -0.15) is 4.31 Å². The van der Waals surface area contributed by atoms with Gasteiger partial charge in [0.15, 0.2) is 0 Å². The topological polar surface area (TPSA) is 104 Å². The lowest BCUT2D eigenvalue weighted by Crippen LogP contribution is -2.28. The molecule has 0 bridgehead atoms. The lowest BCUT2D eigenvalue weighted by molar-refractivity contribution is -0.116. The summed E-state index contributed by atoms with van der Waals surface area (Å²) in [5, 5.41) is 4.42. The van der Waals surface area contributed by atoms with Crippen LogP contribution in [0, 0.1) is 0 Å². The Hall–Kier alpha value is -1.79. The molecule has 30 heavy (non-hydrogen) atoms. The van der Waals surface area contributed by atoms with Crippen LogP contribution in [0.2, 0.25) is 0 Å². The standard InChI is InChI=1S/C19H25N3O5S3/c1-21(30(26,27)19-7-5-15-28-19)12-4-6-18(23)20-16-8-10-17(11-9-16)29(24,25)22-13-2-3-14-22/h5,7-11,15H,2-4,6,12-14H2,1H3,(H,20,23). The first-order valence-electron chi connectivity index (χ1n) is 9.61. The van der Waals surface area contributed by atoms with Crippen molar-refractivity contribution < 1.29 is 21.6 Å². The Labute approximate surface area is 181 Å². The third-order valence-corrected chi connectivity index (χ3v) is 10.0. The molecule has 1 fully saturated rings. The van der Waals surface area contributed by atoms with E-state index in [9.17, 15) is 21.6 Å². The molecule has 3 rings (SSSR count). The van der Waals surface area contributed by atoms with Gasteiger partial charge in [-0.05, 0) is 55.0 Å². The zero-order chi connectivity index (χ0) is 21.8. The maximum absolute atomic E-state index is 12.5. The number of hydrogen-bond donors (Lipinski definition) is 1. The molecule has 1 aliphatic heterocycles. The number of rotatable bonds is 9. The smallest absolute Gasteiger partial charge is 0.252 e. The minimum atomic E-state index is -3.52. The predicted octanol–water partition coefficient (Wildman–Crippen LogP) is 2.57. The highest BCUT2D eigenvalue weighted by Gasteiger charge is 2.27. The van der Waals surface area contributed by atoms with Crippen molar-refractivity contribution in [3.8, 4) is 0 Å². The van der Waals surface area contributed by atoms with E-state index in [1.54, 1.807) is 29.6 Å². The molecule has 2 heterocycles. The van der Waals surface area contributed by atoms with Crippen molar-refractivity contribution in [1.29, 1.82) is 0 Å². The number of carbonyl (C=O) groups excluding carboxylic acids is 1. The Kier molecular flexibility index (Phi) is 7.30. The number of benzene rings is 1. The highest BCUT2D eigenvalue weighted by molar-refractivity contribution is 7.91. The van der Waals surface area contributed by atoms with Gasteiger partial charge in [0, 0.05) is 38.8 Å². The van der Waals surface area contributed by atoms with Gasteiger partial charge in [0.1, 0.15) is 4.21 Å². The second kappa shape index (κ2) is 9.56. The minimum absolute atomic E-state index is 0.151. The molecule has 2 aromatic rings. The van der Waals surface area contributed by atoms with Crippen molar-refractivity contribution >= 4 is 43.0 Å². The molecular weight excluding hydrogens is 446 g/mol. The summed E-state index contributed by atoms with van der Waals surface area (Å²) < 4.78 is 52.7. The lowest BCUT2D eigenvalue weighted by Gasteiger charge is -2.16. The van der Waals surface area contributed by atoms with Crippen molar-refractivity contribution in [1.82, 2.24) is 8.61 Å². The van der Waals surface area contributed by atoms with Gasteiger partial charge in [-0.15, -0.1) is 11.3 Å². The summed E-state index contributed by atoms with van der Waals surface area (Å²) >= 11 is 1.16. The van der Waals surface area contributed by atoms with E-state index in [2.05, 4.69) is 5.32 Å². The number of sulfonamides is 2. The van der Waals surface area contributed by atoms with E-state index in [1.165, 1.54) is 27.8 Å². The molecule has 1 aromatic heterocycles. The second-order valence-corrected chi connectivity index (χ2v) is 12.2. The molecule has 164 valence electrons. The molecule has 1 aliphatic rings. The molecule has 1 saturated heterocycles. The van der Waals surface area contributed by atoms with Crippen LogP contribution in [-0.4, -0.2) is 58.0 Å². The summed E-state index contributed by atoms with van der Waals surface area (Å²) in [4.78, 5) is 12.4. The SMILES string of the molecule is CN(CCCC(=O)Nc1ccc(S(=O)(=O)N2CCCC2)cc1)S(=O)(=O)c1cccs1. The molecular formula is C19H25N3O5S3. The quantitative estimate of drug-likeness (QED) is 0.605. The van der Waals surface area contributed by atoms with Crippen LogP contribution >= 0.6 is 11.3 Å². The van der Waals surface area contributed by atoms with Crippen molar-refractivity contribution in [3.05, 3.63) is 41.8 Å². The zero-order valence-electron chi connectivity index (χ0n) is 16.7. The average Bonchev–Trinajstić information content (AvgIpc) is 3.42. The molecule has 0 spiro atoms. The van der Waals surface area contributed by atoms with Crippen LogP contribution in [0.25, 0.3) is 0 Å². The summed E-state index contributed by atoms with van der Waals surface area (Å²) in [5.74, 6) is -0.257. The van der Waals surface area contributed by atoms with E-state index in [0.717, 1.165) is 24.2 Å². The summed E-state index contributed by atoms with van der Waals surface area (Å²) in [7, 11) is -5.51. The van der Waals surface area contributed by atoms with Gasteiger partial charge in [0.05, 0.1) is 4.90 Å². The van der Waals surface area contributed by atoms with Crippen LogP contribution in [0.15, 0.2) is 50.9 Å². The predicted molar refractivity (Wildman–Crippen MR) is 116 cm³/mol. The first-order valence-corrected chi connectivity index (χ1v) is 13.4. The van der Waals surface area contributed by atoms with Gasteiger partial charge < -0.3 is 5.32 Å². The first-order chi connectivity index (χ1) is 14.2. The van der Waals surface area contributed by atoms with E-state index in [1.807, 2.05) is 0 Å². The van der Waals surface area contributed by atoms with Crippen molar-refractivity contribution in [2.24, 2.45) is 0 Å². The second-order valence-electron chi connectivity index (χ2n) is 7.05. The molecule has 0 radical (unpaired) electrons. The number of nitrogens with one attached hydrogen (secondary N) is 1. The van der Waals surface area contributed by atoms with Crippen LogP contribution < -0.4 is 5.32 Å². The van der Waals surface area contributed by atoms with Crippen LogP contribution in [-0.2, 0) is 24.8 Å². The van der Waals surface area contributed by atoms with Crippen molar-refractivity contribution in [2.45, 2.75) is 34.8 Å². The Bertz CT molecular complexity index is 1060. The maximum Gasteiger partial charge on any atom is 0.252 e. The van der Waals surface area contributed by atoms with Gasteiger partial charge >= 0.3 is 0 Å². The zero-order valence-corrected chi connectivity index (χ0v) is 19.1. The van der Waals surface area contributed by atoms with Gasteiger partial charge in [-0.25, -0.2) is 21.1 Å². The van der Waals surface area contributed by atoms with Gasteiger partial charge in [0.2, 0.25) is 15.9 Å². The van der Waals surface area contributed by atoms with E-state index in [0.29, 0.717) is 25.2 Å². The van der Waals surface area contributed by atoms with E-state index >= 15 is 0 Å². The minimum Gasteiger partial charge on any atom is -0.326 e. The highest BCUT2D eigenvalue weighted by atomic mass is 32.2. The summed E-state index contributed by atoms with van der Waals surface area (Å²) in [6.45, 7) is 1.30. The number of thiophene rings is 1. The van der Waals surface area contributed by atoms with Crippen molar-refractivity contribution in [2.75, 3.05) is 32.0 Å². The Morgan fingerprint density at radius 2 is 1.77 bits per heavy atom. The van der Waals surface area contributed by atoms with E-state index in [-0.39, 0.29) is 28.0 Å². The molecule has 0 aliphatic carbocycles. The van der Waals surface area contributed by atoms with Crippen LogP contribution in [0.4, 0.5) is 5.69 Å².